The molecule has 0 radical (unpaired) electrons. The van der Waals surface area contributed by atoms with Crippen molar-refractivity contribution in [3.8, 4) is 0 Å². The molecule has 0 saturated heterocycles. The van der Waals surface area contributed by atoms with E-state index in [-0.39, 0.29) is 0 Å². The topological polar surface area (TPSA) is 30.7 Å². The zero-order chi connectivity index (χ0) is 10.3. The van der Waals surface area contributed by atoms with Crippen LogP contribution in [-0.2, 0) is 7.05 Å². The van der Waals surface area contributed by atoms with Crippen LogP contribution in [0.3, 0.4) is 0 Å². The van der Waals surface area contributed by atoms with Crippen molar-refractivity contribution < 1.29 is 0 Å². The molecule has 0 spiro atoms. The smallest absolute Gasteiger partial charge is 0.126 e. The van der Waals surface area contributed by atoms with E-state index in [2.05, 4.69) is 28.4 Å². The zero-order valence-corrected chi connectivity index (χ0v) is 9.07. The Morgan fingerprint density at radius 3 is 2.64 bits per heavy atom. The number of aromatic nitrogens is 3. The first kappa shape index (κ1) is 9.19. The average Bonchev–Trinajstić information content (AvgIpc) is 2.46. The highest BCUT2D eigenvalue weighted by Gasteiger charge is 2.11. The molecule has 0 aliphatic carbocycles. The maximum atomic E-state index is 4.50. The summed E-state index contributed by atoms with van der Waals surface area (Å²) in [5.74, 6) is 1.29. The predicted molar refractivity (Wildman–Crippen MR) is 57.3 cm³/mol. The first-order chi connectivity index (χ1) is 6.59. The first-order valence-corrected chi connectivity index (χ1v) is 4.89. The van der Waals surface area contributed by atoms with Gasteiger partial charge < -0.3 is 4.57 Å². The molecule has 0 saturated carbocycles. The lowest BCUT2D eigenvalue weighted by atomic mass is 10.1. The van der Waals surface area contributed by atoms with E-state index in [9.17, 15) is 0 Å². The molecule has 2 heterocycles. The fourth-order valence-corrected chi connectivity index (χ4v) is 1.75. The molecule has 74 valence electrons. The van der Waals surface area contributed by atoms with Crippen molar-refractivity contribution in [2.75, 3.05) is 0 Å². The van der Waals surface area contributed by atoms with Crippen LogP contribution in [-0.4, -0.2) is 14.5 Å². The van der Waals surface area contributed by atoms with Gasteiger partial charge in [0.05, 0.1) is 16.7 Å². The van der Waals surface area contributed by atoms with Crippen LogP contribution in [0.5, 0.6) is 0 Å². The number of nitrogens with zero attached hydrogens (tertiary/aromatic N) is 3. The fraction of sp³-hybridized carbons (Fsp3) is 0.455. The summed E-state index contributed by atoms with van der Waals surface area (Å²) >= 11 is 0. The molecule has 0 aliphatic heterocycles. The maximum absolute atomic E-state index is 4.50. The molecule has 0 unspecified atom stereocenters. The number of hydrogen-bond acceptors (Lipinski definition) is 2. The third kappa shape index (κ3) is 1.29. The van der Waals surface area contributed by atoms with Gasteiger partial charge in [0.2, 0.25) is 0 Å². The second-order valence-corrected chi connectivity index (χ2v) is 3.97. The SMILES string of the molecule is Cc1nc(C(C)C)c2c(ccn2C)n1. The molecule has 0 N–H and O–H groups in total. The van der Waals surface area contributed by atoms with Crippen LogP contribution in [0.25, 0.3) is 11.0 Å². The molecular weight excluding hydrogens is 174 g/mol. The second kappa shape index (κ2) is 3.08. The fourth-order valence-electron chi connectivity index (χ4n) is 1.75. The van der Waals surface area contributed by atoms with Crippen molar-refractivity contribution in [2.45, 2.75) is 26.7 Å². The van der Waals surface area contributed by atoms with Gasteiger partial charge in [0.25, 0.3) is 0 Å². The Kier molecular flexibility index (Phi) is 2.02. The third-order valence-electron chi connectivity index (χ3n) is 2.41. The highest BCUT2D eigenvalue weighted by Crippen LogP contribution is 2.22. The van der Waals surface area contributed by atoms with E-state index in [0.29, 0.717) is 5.92 Å². The molecular formula is C11H15N3. The minimum absolute atomic E-state index is 0.438. The van der Waals surface area contributed by atoms with Gasteiger partial charge in [-0.05, 0) is 18.9 Å². The molecule has 0 atom stereocenters. The van der Waals surface area contributed by atoms with Crippen molar-refractivity contribution in [1.29, 1.82) is 0 Å². The molecule has 0 bridgehead atoms. The summed E-state index contributed by atoms with van der Waals surface area (Å²) in [5, 5.41) is 0. The lowest BCUT2D eigenvalue weighted by Crippen LogP contribution is -2.01. The Balaban J connectivity index is 2.83. The number of fused-ring (bicyclic) bond motifs is 1. The van der Waals surface area contributed by atoms with E-state index in [4.69, 9.17) is 0 Å². The normalized spacial score (nSPS) is 11.5. The Hall–Kier alpha value is -1.38. The van der Waals surface area contributed by atoms with Crippen LogP contribution in [0.2, 0.25) is 0 Å². The highest BCUT2D eigenvalue weighted by atomic mass is 15.0. The van der Waals surface area contributed by atoms with Crippen LogP contribution in [0, 0.1) is 6.92 Å². The van der Waals surface area contributed by atoms with Crippen molar-refractivity contribution in [1.82, 2.24) is 14.5 Å². The third-order valence-corrected chi connectivity index (χ3v) is 2.41. The van der Waals surface area contributed by atoms with E-state index in [1.54, 1.807) is 0 Å². The van der Waals surface area contributed by atoms with E-state index in [1.807, 2.05) is 26.2 Å². The molecule has 0 aliphatic rings. The monoisotopic (exact) mass is 189 g/mol. The second-order valence-electron chi connectivity index (χ2n) is 3.97. The Morgan fingerprint density at radius 1 is 1.29 bits per heavy atom. The van der Waals surface area contributed by atoms with E-state index in [1.165, 1.54) is 0 Å². The summed E-state index contributed by atoms with van der Waals surface area (Å²) < 4.78 is 2.09. The molecule has 0 amide bonds. The first-order valence-electron chi connectivity index (χ1n) is 4.89. The summed E-state index contributed by atoms with van der Waals surface area (Å²) in [7, 11) is 2.03. The van der Waals surface area contributed by atoms with Gasteiger partial charge in [-0.25, -0.2) is 9.97 Å². The largest absolute Gasteiger partial charge is 0.348 e. The highest BCUT2D eigenvalue weighted by molar-refractivity contribution is 5.78. The minimum atomic E-state index is 0.438. The van der Waals surface area contributed by atoms with Gasteiger partial charge in [-0.2, -0.15) is 0 Å². The van der Waals surface area contributed by atoms with Crippen molar-refractivity contribution in [3.63, 3.8) is 0 Å². The van der Waals surface area contributed by atoms with Gasteiger partial charge in [-0.3, -0.25) is 0 Å². The Bertz CT molecular complexity index is 469. The number of hydrogen-bond donors (Lipinski definition) is 0. The van der Waals surface area contributed by atoms with Crippen LogP contribution >= 0.6 is 0 Å². The predicted octanol–water partition coefficient (Wildman–Crippen LogP) is 2.40. The van der Waals surface area contributed by atoms with Crippen molar-refractivity contribution >= 4 is 11.0 Å². The molecule has 14 heavy (non-hydrogen) atoms. The summed E-state index contributed by atoms with van der Waals surface area (Å²) in [5.41, 5.74) is 3.34. The van der Waals surface area contributed by atoms with Gasteiger partial charge in [-0.1, -0.05) is 13.8 Å². The molecule has 3 heteroatoms. The van der Waals surface area contributed by atoms with E-state index < -0.39 is 0 Å². The number of rotatable bonds is 1. The van der Waals surface area contributed by atoms with Crippen molar-refractivity contribution in [2.24, 2.45) is 7.05 Å². The maximum Gasteiger partial charge on any atom is 0.126 e. The van der Waals surface area contributed by atoms with Crippen LogP contribution in [0.15, 0.2) is 12.3 Å². The Labute approximate surface area is 83.8 Å². The van der Waals surface area contributed by atoms with E-state index in [0.717, 1.165) is 22.6 Å². The van der Waals surface area contributed by atoms with Crippen LogP contribution in [0.1, 0.15) is 31.3 Å². The Morgan fingerprint density at radius 2 is 2.00 bits per heavy atom. The number of aryl methyl sites for hydroxylation is 2. The summed E-state index contributed by atoms with van der Waals surface area (Å²) in [6.07, 6.45) is 2.03. The minimum Gasteiger partial charge on any atom is -0.348 e. The zero-order valence-electron chi connectivity index (χ0n) is 9.07. The molecule has 2 rings (SSSR count). The van der Waals surface area contributed by atoms with Crippen molar-refractivity contribution in [3.05, 3.63) is 23.8 Å². The lowest BCUT2D eigenvalue weighted by molar-refractivity contribution is 0.802. The molecule has 2 aromatic rings. The lowest BCUT2D eigenvalue weighted by Gasteiger charge is -2.08. The quantitative estimate of drug-likeness (QED) is 0.689. The van der Waals surface area contributed by atoms with Gasteiger partial charge in [-0.15, -0.1) is 0 Å². The van der Waals surface area contributed by atoms with Gasteiger partial charge >= 0.3 is 0 Å². The molecule has 0 fully saturated rings. The van der Waals surface area contributed by atoms with Gasteiger partial charge in [0, 0.05) is 13.2 Å². The molecule has 2 aromatic heterocycles. The van der Waals surface area contributed by atoms with Crippen LogP contribution in [0.4, 0.5) is 0 Å². The summed E-state index contributed by atoms with van der Waals surface area (Å²) in [6.45, 7) is 6.26. The van der Waals surface area contributed by atoms with E-state index >= 15 is 0 Å². The summed E-state index contributed by atoms with van der Waals surface area (Å²) in [6, 6.07) is 2.04. The van der Waals surface area contributed by atoms with Gasteiger partial charge in [0.15, 0.2) is 0 Å². The molecule has 0 aromatic carbocycles. The average molecular weight is 189 g/mol. The summed E-state index contributed by atoms with van der Waals surface area (Å²) in [4.78, 5) is 8.91. The van der Waals surface area contributed by atoms with Crippen LogP contribution < -0.4 is 0 Å². The van der Waals surface area contributed by atoms with Gasteiger partial charge in [0.1, 0.15) is 5.82 Å². The molecule has 3 nitrogen and oxygen atoms in total. The standard InChI is InChI=1S/C11H15N3/c1-7(2)10-11-9(5-6-14(11)4)12-8(3)13-10/h5-7H,1-4H3.